The summed E-state index contributed by atoms with van der Waals surface area (Å²) in [5.74, 6) is -0.784. The Hall–Kier alpha value is -3.43. The molecule has 0 atom stereocenters. The van der Waals surface area contributed by atoms with E-state index in [4.69, 9.17) is 9.15 Å². The van der Waals surface area contributed by atoms with Gasteiger partial charge in [0.2, 0.25) is 0 Å². The van der Waals surface area contributed by atoms with Crippen LogP contribution in [0.25, 0.3) is 11.1 Å². The fourth-order valence-corrected chi connectivity index (χ4v) is 2.50. The van der Waals surface area contributed by atoms with Gasteiger partial charge in [0.15, 0.2) is 17.1 Å². The number of hydrogen-bond acceptors (Lipinski definition) is 6. The predicted molar refractivity (Wildman–Crippen MR) is 85.9 cm³/mol. The Labute approximate surface area is 144 Å². The molecule has 0 aliphatic heterocycles. The summed E-state index contributed by atoms with van der Waals surface area (Å²) < 4.78 is 40.4. The maximum atomic E-state index is 12.4. The zero-order valence-corrected chi connectivity index (χ0v) is 13.3. The van der Waals surface area contributed by atoms with E-state index in [2.05, 4.69) is 4.74 Å². The number of benzene rings is 2. The standard InChI is InChI=1S/C16H12F2N2O6/c1-24-14-6-9(2-4-13(14)25-15(17)18)8-19-11-7-10(20(22)23)3-5-12(11)26-16(19)21/h2-7,15H,8H2,1H3. The second-order valence-electron chi connectivity index (χ2n) is 5.23. The first-order valence-corrected chi connectivity index (χ1v) is 7.28. The molecular weight excluding hydrogens is 354 g/mol. The van der Waals surface area contributed by atoms with E-state index in [-0.39, 0.29) is 34.8 Å². The van der Waals surface area contributed by atoms with E-state index in [1.807, 2.05) is 0 Å². The summed E-state index contributed by atoms with van der Waals surface area (Å²) in [7, 11) is 1.29. The molecule has 0 N–H and O–H groups in total. The van der Waals surface area contributed by atoms with Crippen molar-refractivity contribution in [2.75, 3.05) is 7.11 Å². The fourth-order valence-electron chi connectivity index (χ4n) is 2.50. The molecule has 2 aromatic carbocycles. The third-order valence-electron chi connectivity index (χ3n) is 3.65. The van der Waals surface area contributed by atoms with E-state index in [0.29, 0.717) is 5.56 Å². The number of ether oxygens (including phenoxy) is 2. The van der Waals surface area contributed by atoms with Crippen molar-refractivity contribution >= 4 is 16.8 Å². The average molecular weight is 366 g/mol. The van der Waals surface area contributed by atoms with Crippen LogP contribution in [0.4, 0.5) is 14.5 Å². The van der Waals surface area contributed by atoms with Crippen LogP contribution in [-0.2, 0) is 6.54 Å². The maximum absolute atomic E-state index is 12.4. The Morgan fingerprint density at radius 2 is 2.00 bits per heavy atom. The summed E-state index contributed by atoms with van der Waals surface area (Å²) in [5, 5.41) is 10.9. The normalized spacial score (nSPS) is 11.1. The van der Waals surface area contributed by atoms with Crippen molar-refractivity contribution in [1.29, 1.82) is 0 Å². The zero-order chi connectivity index (χ0) is 18.8. The molecule has 0 unspecified atom stereocenters. The Morgan fingerprint density at radius 3 is 2.65 bits per heavy atom. The topological polar surface area (TPSA) is 96.7 Å². The predicted octanol–water partition coefficient (Wildman–Crippen LogP) is 3.16. The molecule has 136 valence electrons. The van der Waals surface area contributed by atoms with Crippen LogP contribution in [0.15, 0.2) is 45.6 Å². The average Bonchev–Trinajstić information content (AvgIpc) is 2.90. The molecule has 3 rings (SSSR count). The Bertz CT molecular complexity index is 1030. The van der Waals surface area contributed by atoms with Gasteiger partial charge in [0, 0.05) is 12.1 Å². The fraction of sp³-hybridized carbons (Fsp3) is 0.188. The van der Waals surface area contributed by atoms with Gasteiger partial charge >= 0.3 is 12.4 Å². The summed E-state index contributed by atoms with van der Waals surface area (Å²) in [6.07, 6.45) is 0. The minimum Gasteiger partial charge on any atom is -0.493 e. The number of methoxy groups -OCH3 is 1. The lowest BCUT2D eigenvalue weighted by molar-refractivity contribution is -0.384. The molecule has 1 aromatic heterocycles. The maximum Gasteiger partial charge on any atom is 0.420 e. The van der Waals surface area contributed by atoms with Crippen molar-refractivity contribution in [2.24, 2.45) is 0 Å². The number of halogens is 2. The smallest absolute Gasteiger partial charge is 0.420 e. The van der Waals surface area contributed by atoms with Crippen LogP contribution in [0.1, 0.15) is 5.56 Å². The van der Waals surface area contributed by atoms with Gasteiger partial charge in [-0.15, -0.1) is 0 Å². The molecule has 0 spiro atoms. The number of hydrogen-bond donors (Lipinski definition) is 0. The molecule has 0 aliphatic carbocycles. The SMILES string of the molecule is COc1cc(Cn2c(=O)oc3ccc([N+](=O)[O-])cc32)ccc1OC(F)F. The highest BCUT2D eigenvalue weighted by Gasteiger charge is 2.16. The molecule has 0 fully saturated rings. The lowest BCUT2D eigenvalue weighted by Crippen LogP contribution is -2.15. The molecule has 8 nitrogen and oxygen atoms in total. The Balaban J connectivity index is 2.00. The van der Waals surface area contributed by atoms with Gasteiger partial charge in [-0.2, -0.15) is 8.78 Å². The Kier molecular flexibility index (Phi) is 4.57. The molecule has 1 heterocycles. The highest BCUT2D eigenvalue weighted by Crippen LogP contribution is 2.30. The van der Waals surface area contributed by atoms with E-state index in [9.17, 15) is 23.7 Å². The lowest BCUT2D eigenvalue weighted by Gasteiger charge is -2.11. The quantitative estimate of drug-likeness (QED) is 0.491. The minimum atomic E-state index is -3.00. The van der Waals surface area contributed by atoms with E-state index in [1.54, 1.807) is 0 Å². The van der Waals surface area contributed by atoms with E-state index < -0.39 is 17.3 Å². The molecular formula is C16H12F2N2O6. The number of nitro groups is 1. The summed E-state index contributed by atoms with van der Waals surface area (Å²) in [6.45, 7) is -3.01. The van der Waals surface area contributed by atoms with Gasteiger partial charge in [-0.25, -0.2) is 4.79 Å². The van der Waals surface area contributed by atoms with Gasteiger partial charge in [0.05, 0.1) is 24.1 Å². The van der Waals surface area contributed by atoms with Crippen molar-refractivity contribution in [3.05, 3.63) is 62.6 Å². The zero-order valence-electron chi connectivity index (χ0n) is 13.3. The third kappa shape index (κ3) is 3.34. The van der Waals surface area contributed by atoms with Crippen LogP contribution in [0.2, 0.25) is 0 Å². The number of fused-ring (bicyclic) bond motifs is 1. The van der Waals surface area contributed by atoms with E-state index in [1.165, 1.54) is 48.1 Å². The van der Waals surface area contributed by atoms with Gasteiger partial charge in [-0.05, 0) is 23.8 Å². The molecule has 26 heavy (non-hydrogen) atoms. The molecule has 0 aliphatic rings. The van der Waals surface area contributed by atoms with Gasteiger partial charge in [-0.1, -0.05) is 6.07 Å². The largest absolute Gasteiger partial charge is 0.493 e. The van der Waals surface area contributed by atoms with Gasteiger partial charge in [0.25, 0.3) is 5.69 Å². The number of alkyl halides is 2. The molecule has 10 heteroatoms. The van der Waals surface area contributed by atoms with E-state index in [0.717, 1.165) is 0 Å². The van der Waals surface area contributed by atoms with Crippen molar-refractivity contribution < 1.29 is 27.6 Å². The summed E-state index contributed by atoms with van der Waals surface area (Å²) >= 11 is 0. The van der Waals surface area contributed by atoms with Crippen LogP contribution < -0.4 is 15.2 Å². The van der Waals surface area contributed by atoms with Gasteiger partial charge < -0.3 is 13.9 Å². The summed E-state index contributed by atoms with van der Waals surface area (Å²) in [6, 6.07) is 7.99. The van der Waals surface area contributed by atoms with E-state index >= 15 is 0 Å². The second-order valence-corrected chi connectivity index (χ2v) is 5.23. The first-order valence-electron chi connectivity index (χ1n) is 7.28. The number of aromatic nitrogens is 1. The van der Waals surface area contributed by atoms with Crippen molar-refractivity contribution in [3.63, 3.8) is 0 Å². The number of nitro benzene ring substituents is 1. The molecule has 0 saturated carbocycles. The molecule has 0 bridgehead atoms. The first kappa shape index (κ1) is 17.4. The van der Waals surface area contributed by atoms with Crippen LogP contribution in [0, 0.1) is 10.1 Å². The van der Waals surface area contributed by atoms with Crippen molar-refractivity contribution in [2.45, 2.75) is 13.2 Å². The van der Waals surface area contributed by atoms with Gasteiger partial charge in [-0.3, -0.25) is 14.7 Å². The monoisotopic (exact) mass is 366 g/mol. The van der Waals surface area contributed by atoms with Crippen LogP contribution >= 0.6 is 0 Å². The minimum absolute atomic E-state index is 0.00167. The number of rotatable bonds is 6. The van der Waals surface area contributed by atoms with Crippen LogP contribution in [0.3, 0.4) is 0 Å². The third-order valence-corrected chi connectivity index (χ3v) is 3.65. The van der Waals surface area contributed by atoms with Gasteiger partial charge in [0.1, 0.15) is 0 Å². The number of non-ortho nitro benzene ring substituents is 1. The molecule has 0 amide bonds. The number of nitrogens with zero attached hydrogens (tertiary/aromatic N) is 2. The van der Waals surface area contributed by atoms with Crippen molar-refractivity contribution in [3.8, 4) is 11.5 Å². The highest BCUT2D eigenvalue weighted by atomic mass is 19.3. The molecule has 0 radical (unpaired) electrons. The summed E-state index contributed by atoms with van der Waals surface area (Å²) in [5.41, 5.74) is 0.784. The van der Waals surface area contributed by atoms with Crippen LogP contribution in [-0.4, -0.2) is 23.2 Å². The second kappa shape index (κ2) is 6.82. The number of oxazole rings is 1. The molecule has 0 saturated heterocycles. The lowest BCUT2D eigenvalue weighted by atomic mass is 10.2. The van der Waals surface area contributed by atoms with Crippen LogP contribution in [0.5, 0.6) is 11.5 Å². The highest BCUT2D eigenvalue weighted by molar-refractivity contribution is 5.76. The first-order chi connectivity index (χ1) is 12.4. The molecule has 3 aromatic rings. The van der Waals surface area contributed by atoms with Crippen molar-refractivity contribution in [1.82, 2.24) is 4.57 Å². The summed E-state index contributed by atoms with van der Waals surface area (Å²) in [4.78, 5) is 22.4. The Morgan fingerprint density at radius 1 is 1.23 bits per heavy atom.